The van der Waals surface area contributed by atoms with E-state index >= 15 is 0 Å². The van der Waals surface area contributed by atoms with Gasteiger partial charge in [-0.1, -0.05) is 66.7 Å². The molecule has 3 aromatic heterocycles. The number of fused-ring (bicyclic) bond motifs is 4. The van der Waals surface area contributed by atoms with Crippen molar-refractivity contribution in [1.82, 2.24) is 15.0 Å². The zero-order chi connectivity index (χ0) is 85.3. The van der Waals surface area contributed by atoms with Crippen LogP contribution in [0.3, 0.4) is 0 Å². The molecule has 119 heavy (non-hydrogen) atoms. The Kier molecular flexibility index (Phi) is 21.1. The molecule has 582 valence electrons. The van der Waals surface area contributed by atoms with Crippen LogP contribution in [0.4, 0.5) is 120 Å². The Morgan fingerprint density at radius 3 is 1.24 bits per heavy atom. The van der Waals surface area contributed by atoms with Gasteiger partial charge in [0, 0.05) is 40.8 Å². The molecule has 38 heteroatoms. The van der Waals surface area contributed by atoms with Crippen molar-refractivity contribution < 1.29 is 29.5 Å². The van der Waals surface area contributed by atoms with Gasteiger partial charge < -0.3 is 49.1 Å². The lowest BCUT2D eigenvalue weighted by Crippen LogP contribution is -2.29. The fourth-order valence-corrected chi connectivity index (χ4v) is 13.3. The molecule has 0 fully saturated rings. The Balaban J connectivity index is 0.000000155. The first-order chi connectivity index (χ1) is 57.0. The zero-order valence-corrected chi connectivity index (χ0v) is 61.3. The SMILES string of the molecule is [C-]#[N+]c1c(N)nc(Nc2ccccc2)c(N=Nc2ccc([N+](=O)[O-])c3c2C(=O)c2cccc(O)c2C3=O)c1C.[C-]#[N+]c1c(N)nc(Nc2ccccc2)c(NNc2ccc([N+](=O)[O-])c3c(=O)c4c(=O)ccc(=O)c=4c(=O)c23)c1C.[C-]#[N+]c1c(Nc2ccccc2)nc(N)c(NNc2ccc([N+](=O)[O-])c3c(=O)c4c(=O)ccc(=O)c=4c(=O)c23)c1C. The van der Waals surface area contributed by atoms with Crippen LogP contribution < -0.4 is 98.3 Å². The van der Waals surface area contributed by atoms with Gasteiger partial charge in [-0.15, -0.1) is 10.2 Å². The minimum Gasteiger partial charge on any atom is -0.507 e. The second kappa shape index (κ2) is 31.8. The van der Waals surface area contributed by atoms with E-state index < -0.39 is 141 Å². The number of phenolic OH excluding ortho intramolecular Hbond substituents is 1. The number of hydrogen-bond donors (Lipinski definition) is 11. The molecule has 15 rings (SSSR count). The summed E-state index contributed by atoms with van der Waals surface area (Å²) in [6.07, 6.45) is 0. The van der Waals surface area contributed by atoms with E-state index in [1.54, 1.807) is 93.6 Å². The first-order valence-corrected chi connectivity index (χ1v) is 34.5. The first-order valence-electron chi connectivity index (χ1n) is 34.5. The molecule has 0 atom stereocenters. The number of pyridine rings is 3. The number of hydrazine groups is 2. The van der Waals surface area contributed by atoms with Crippen molar-refractivity contribution >= 4 is 153 Å². The summed E-state index contributed by atoms with van der Waals surface area (Å²) in [4.78, 5) is 186. The normalized spacial score (nSPS) is 11.2. The molecule has 5 aliphatic rings. The Hall–Kier alpha value is -18.3. The smallest absolute Gasteiger partial charge is 0.281 e. The highest BCUT2D eigenvalue weighted by Gasteiger charge is 2.40. The van der Waals surface area contributed by atoms with E-state index in [2.05, 4.69) is 77.4 Å². The molecule has 0 amide bonds. The lowest BCUT2D eigenvalue weighted by atomic mass is 9.82. The highest BCUT2D eigenvalue weighted by Crippen LogP contribution is 2.45. The first kappa shape index (κ1) is 78.8. The summed E-state index contributed by atoms with van der Waals surface area (Å²) in [6.45, 7) is 27.5. The van der Waals surface area contributed by atoms with Gasteiger partial charge in [-0.25, -0.2) is 29.5 Å². The zero-order valence-electron chi connectivity index (χ0n) is 61.3. The molecule has 0 radical (unpaired) electrons. The predicted molar refractivity (Wildman–Crippen MR) is 442 cm³/mol. The maximum atomic E-state index is 13.5. The summed E-state index contributed by atoms with van der Waals surface area (Å²) in [5, 5.41) is 58.2. The van der Waals surface area contributed by atoms with E-state index in [1.165, 1.54) is 36.4 Å². The number of aromatic nitrogens is 3. The Morgan fingerprint density at radius 1 is 0.387 bits per heavy atom. The molecule has 7 aromatic carbocycles. The number of rotatable bonds is 17. The number of aromatic hydroxyl groups is 1. The summed E-state index contributed by atoms with van der Waals surface area (Å²) >= 11 is 0. The number of para-hydroxylation sites is 3. The molecule has 0 spiro atoms. The highest BCUT2D eigenvalue weighted by molar-refractivity contribution is 6.32. The van der Waals surface area contributed by atoms with Crippen LogP contribution in [-0.4, -0.2) is 46.4 Å². The van der Waals surface area contributed by atoms with E-state index in [0.29, 0.717) is 33.8 Å². The van der Waals surface area contributed by atoms with Gasteiger partial charge in [0.05, 0.1) is 106 Å². The van der Waals surface area contributed by atoms with Crippen LogP contribution in [0, 0.1) is 91.7 Å². The highest BCUT2D eigenvalue weighted by atomic mass is 16.6. The van der Waals surface area contributed by atoms with E-state index in [-0.39, 0.29) is 103 Å². The summed E-state index contributed by atoms with van der Waals surface area (Å²) < 4.78 is 0. The predicted octanol–water partition coefficient (Wildman–Crippen LogP) is 11.7. The van der Waals surface area contributed by atoms with Gasteiger partial charge in [-0.05, 0) is 122 Å². The maximum absolute atomic E-state index is 13.5. The molecule has 0 bridgehead atoms. The summed E-state index contributed by atoms with van der Waals surface area (Å²) in [5.74, 6) is -1.56. The van der Waals surface area contributed by atoms with Crippen molar-refractivity contribution in [1.29, 1.82) is 0 Å². The van der Waals surface area contributed by atoms with Crippen molar-refractivity contribution in [3.8, 4) is 5.75 Å². The average Bonchev–Trinajstić information content (AvgIpc) is 0.734. The number of non-ortho nitro benzene ring substituents is 2. The van der Waals surface area contributed by atoms with Crippen LogP contribution in [0.2, 0.25) is 0 Å². The standard InChI is InChI=1S/2C27H17N7O6.C27H17N7O5/c1-12-22(26(28)31-27(23(12)29-2)30-13-6-4-3-5-7-13)33-32-14-8-9-15(34(39)40)19-18(14)24(37)20-16(35)10-11-17(36)21(20)25(19)38;1-12-22(29-2)26(28)31-27(30-13-6-4-3-5-7-13)23(12)33-32-14-8-9-15(34(39)40)19-18(14)24(37)20-16(35)10-11-17(36)21(20)25(19)38;1-13-22(29-2)26(28)31-27(30-14-7-4-3-5-8-14)23(13)33-32-16-11-12-17(34(38)39)21-20(16)24(36)15-9-6-10-18(35)19(15)25(21)37/h2*3-11,32-33H,1H3,(H3,28,30,31);3-12,35H,1H3,(H3,28,30,31). The maximum Gasteiger partial charge on any atom is 0.281 e. The number of nitro benzene ring substituents is 3. The Labute approximate surface area is 662 Å². The topological polar surface area (TPSA) is 559 Å². The quantitative estimate of drug-likeness (QED) is 0.0175. The van der Waals surface area contributed by atoms with Crippen LogP contribution in [0.25, 0.3) is 36.1 Å². The van der Waals surface area contributed by atoms with Gasteiger partial charge in [0.25, 0.3) is 17.1 Å². The number of nitrogens with two attached hydrogens (primary N) is 3. The van der Waals surface area contributed by atoms with Crippen molar-refractivity contribution in [2.24, 2.45) is 10.2 Å². The number of ketones is 2. The molecule has 0 unspecified atom stereocenters. The van der Waals surface area contributed by atoms with E-state index in [1.807, 2.05) is 18.2 Å². The lowest BCUT2D eigenvalue weighted by molar-refractivity contribution is -0.385. The number of carbonyl (C=O) groups is 2. The number of anilines is 13. The minimum absolute atomic E-state index is 0.0233. The molecule has 0 saturated carbocycles. The van der Waals surface area contributed by atoms with E-state index in [9.17, 15) is 83.4 Å². The molecule has 0 aliphatic heterocycles. The summed E-state index contributed by atoms with van der Waals surface area (Å²) in [5.41, 5.74) is 21.8. The van der Waals surface area contributed by atoms with Crippen LogP contribution in [0.15, 0.2) is 218 Å². The second-order valence-electron chi connectivity index (χ2n) is 25.8. The number of nitro groups is 3. The number of nitrogens with zero attached hydrogens (tertiary/aromatic N) is 11. The lowest BCUT2D eigenvalue weighted by Gasteiger charge is -2.19. The van der Waals surface area contributed by atoms with Gasteiger partial charge in [0.15, 0.2) is 39.1 Å². The van der Waals surface area contributed by atoms with Crippen LogP contribution >= 0.6 is 0 Å². The molecular formula is C81H51N21O17. The Bertz CT molecular complexity index is 7580. The van der Waals surface area contributed by atoms with Crippen molar-refractivity contribution in [3.05, 3.63) is 376 Å². The molecule has 0 saturated heterocycles. The molecule has 10 aromatic rings. The molecular weight excluding hydrogens is 1540 g/mol. The van der Waals surface area contributed by atoms with Gasteiger partial charge in [0.1, 0.15) is 51.0 Å². The van der Waals surface area contributed by atoms with Crippen LogP contribution in [0.5, 0.6) is 5.75 Å². The largest absolute Gasteiger partial charge is 0.507 e. The summed E-state index contributed by atoms with van der Waals surface area (Å²) in [6, 6.07) is 40.9. The third kappa shape index (κ3) is 14.3. The number of nitrogens with one attached hydrogen (secondary N) is 7. The number of hydrogen-bond acceptors (Lipinski definition) is 32. The fourth-order valence-electron chi connectivity index (χ4n) is 13.3. The molecule has 5 aliphatic carbocycles. The van der Waals surface area contributed by atoms with Crippen LogP contribution in [0.1, 0.15) is 48.5 Å². The molecule has 38 nitrogen and oxygen atoms in total. The number of benzene rings is 7. The van der Waals surface area contributed by atoms with E-state index in [0.717, 1.165) is 42.5 Å². The van der Waals surface area contributed by atoms with Gasteiger partial charge in [-0.2, -0.15) is 0 Å². The number of phenols is 1. The van der Waals surface area contributed by atoms with Crippen LogP contribution in [-0.2, 0) is 0 Å². The van der Waals surface area contributed by atoms with Crippen molar-refractivity contribution in [2.75, 3.05) is 54.9 Å². The van der Waals surface area contributed by atoms with Crippen molar-refractivity contribution in [3.63, 3.8) is 0 Å². The number of nitrogen functional groups attached to an aromatic ring is 3. The third-order valence-corrected chi connectivity index (χ3v) is 18.8. The third-order valence-electron chi connectivity index (χ3n) is 18.8. The monoisotopic (exact) mass is 1590 g/mol. The van der Waals surface area contributed by atoms with Gasteiger partial charge >= 0.3 is 0 Å². The number of azo groups is 1. The Morgan fingerprint density at radius 2 is 0.782 bits per heavy atom. The van der Waals surface area contributed by atoms with E-state index in [4.69, 9.17) is 36.9 Å². The van der Waals surface area contributed by atoms with Gasteiger partial charge in [0.2, 0.25) is 44.6 Å². The average molecular weight is 1590 g/mol. The van der Waals surface area contributed by atoms with Gasteiger partial charge in [-0.3, -0.25) is 89.1 Å². The second-order valence-corrected chi connectivity index (χ2v) is 25.8. The fraction of sp³-hybridized carbons (Fsp3) is 0.0370. The minimum atomic E-state index is -1.10. The number of carbonyl (C=O) groups excluding carboxylic acids is 2. The molecule has 3 heterocycles. The summed E-state index contributed by atoms with van der Waals surface area (Å²) in [7, 11) is 0. The molecule has 14 N–H and O–H groups in total. The van der Waals surface area contributed by atoms with Crippen molar-refractivity contribution in [2.45, 2.75) is 20.8 Å².